The molecule has 27 heavy (non-hydrogen) atoms. The number of ether oxygens (including phenoxy) is 1. The molecule has 1 N–H and O–H groups in total. The SMILES string of the molecule is CS(=O)(=O)Cc1cccc(C(=O)Nc2ccccc2Oc2ccccc2)c1. The molecule has 3 aromatic rings. The number of nitrogens with one attached hydrogen (secondary N) is 1. The normalized spacial score (nSPS) is 11.0. The van der Waals surface area contributed by atoms with Crippen molar-refractivity contribution >= 4 is 21.4 Å². The quantitative estimate of drug-likeness (QED) is 0.692. The Hall–Kier alpha value is -3.12. The number of hydrogen-bond donors (Lipinski definition) is 1. The number of rotatable bonds is 6. The zero-order valence-electron chi connectivity index (χ0n) is 14.8. The summed E-state index contributed by atoms with van der Waals surface area (Å²) < 4.78 is 28.8. The van der Waals surface area contributed by atoms with E-state index >= 15 is 0 Å². The van der Waals surface area contributed by atoms with Crippen molar-refractivity contribution in [2.75, 3.05) is 11.6 Å². The molecular weight excluding hydrogens is 362 g/mol. The summed E-state index contributed by atoms with van der Waals surface area (Å²) in [4.78, 5) is 12.6. The van der Waals surface area contributed by atoms with Crippen LogP contribution in [0.3, 0.4) is 0 Å². The van der Waals surface area contributed by atoms with Gasteiger partial charge in [-0.3, -0.25) is 4.79 Å². The molecule has 0 radical (unpaired) electrons. The van der Waals surface area contributed by atoms with Crippen LogP contribution in [-0.2, 0) is 15.6 Å². The summed E-state index contributed by atoms with van der Waals surface area (Å²) in [5.74, 6) is 0.732. The van der Waals surface area contributed by atoms with Gasteiger partial charge < -0.3 is 10.1 Å². The predicted molar refractivity (Wildman–Crippen MR) is 106 cm³/mol. The van der Waals surface area contributed by atoms with E-state index in [-0.39, 0.29) is 11.7 Å². The largest absolute Gasteiger partial charge is 0.455 e. The highest BCUT2D eigenvalue weighted by atomic mass is 32.2. The van der Waals surface area contributed by atoms with Gasteiger partial charge >= 0.3 is 0 Å². The van der Waals surface area contributed by atoms with E-state index in [9.17, 15) is 13.2 Å². The molecule has 138 valence electrons. The van der Waals surface area contributed by atoms with Gasteiger partial charge in [-0.1, -0.05) is 42.5 Å². The van der Waals surface area contributed by atoms with Crippen LogP contribution in [0.25, 0.3) is 0 Å². The van der Waals surface area contributed by atoms with E-state index in [1.807, 2.05) is 36.4 Å². The van der Waals surface area contributed by atoms with Crippen LogP contribution in [0.15, 0.2) is 78.9 Å². The molecular formula is C21H19NO4S. The third-order valence-electron chi connectivity index (χ3n) is 3.72. The van der Waals surface area contributed by atoms with Gasteiger partial charge in [0.05, 0.1) is 11.4 Å². The lowest BCUT2D eigenvalue weighted by molar-refractivity contribution is 0.102. The minimum absolute atomic E-state index is 0.109. The van der Waals surface area contributed by atoms with E-state index in [0.29, 0.717) is 28.3 Å². The van der Waals surface area contributed by atoms with Crippen molar-refractivity contribution in [3.63, 3.8) is 0 Å². The van der Waals surface area contributed by atoms with Gasteiger partial charge in [0, 0.05) is 11.8 Å². The Morgan fingerprint density at radius 3 is 2.37 bits per heavy atom. The van der Waals surface area contributed by atoms with Gasteiger partial charge in [-0.05, 0) is 42.0 Å². The molecule has 3 rings (SSSR count). The lowest BCUT2D eigenvalue weighted by atomic mass is 10.1. The van der Waals surface area contributed by atoms with Crippen LogP contribution in [0.4, 0.5) is 5.69 Å². The number of amides is 1. The average molecular weight is 381 g/mol. The van der Waals surface area contributed by atoms with Crippen molar-refractivity contribution in [2.45, 2.75) is 5.75 Å². The van der Waals surface area contributed by atoms with E-state index in [4.69, 9.17) is 4.74 Å². The first-order valence-corrected chi connectivity index (χ1v) is 10.4. The second kappa shape index (κ2) is 8.05. The molecule has 0 aliphatic rings. The zero-order chi connectivity index (χ0) is 19.3. The highest BCUT2D eigenvalue weighted by molar-refractivity contribution is 7.89. The molecule has 0 aliphatic carbocycles. The molecule has 6 heteroatoms. The molecule has 0 aliphatic heterocycles. The maximum Gasteiger partial charge on any atom is 0.255 e. The number of carbonyl (C=O) groups is 1. The summed E-state index contributed by atoms with van der Waals surface area (Å²) in [6, 6.07) is 23.0. The Balaban J connectivity index is 1.80. The van der Waals surface area contributed by atoms with Crippen LogP contribution in [0.5, 0.6) is 11.5 Å². The first-order valence-electron chi connectivity index (χ1n) is 8.31. The zero-order valence-corrected chi connectivity index (χ0v) is 15.6. The maximum atomic E-state index is 12.6. The molecule has 0 atom stereocenters. The number of anilines is 1. The van der Waals surface area contributed by atoms with Crippen LogP contribution < -0.4 is 10.1 Å². The molecule has 3 aromatic carbocycles. The summed E-state index contributed by atoms with van der Waals surface area (Å²) in [6.07, 6.45) is 1.16. The highest BCUT2D eigenvalue weighted by Crippen LogP contribution is 2.29. The second-order valence-electron chi connectivity index (χ2n) is 6.14. The Labute approximate surface area is 158 Å². The number of sulfone groups is 1. The van der Waals surface area contributed by atoms with Crippen LogP contribution in [-0.4, -0.2) is 20.6 Å². The second-order valence-corrected chi connectivity index (χ2v) is 8.28. The van der Waals surface area contributed by atoms with Gasteiger partial charge in [0.2, 0.25) is 0 Å². The fraction of sp³-hybridized carbons (Fsp3) is 0.0952. The minimum atomic E-state index is -3.17. The Morgan fingerprint density at radius 1 is 0.926 bits per heavy atom. The molecule has 0 spiro atoms. The van der Waals surface area contributed by atoms with E-state index in [0.717, 1.165) is 6.26 Å². The van der Waals surface area contributed by atoms with E-state index in [2.05, 4.69) is 5.32 Å². The van der Waals surface area contributed by atoms with Gasteiger partial charge in [-0.25, -0.2) is 8.42 Å². The molecule has 0 unspecified atom stereocenters. The van der Waals surface area contributed by atoms with E-state index in [1.54, 1.807) is 42.5 Å². The molecule has 0 bridgehead atoms. The predicted octanol–water partition coefficient (Wildman–Crippen LogP) is 4.28. The molecule has 5 nitrogen and oxygen atoms in total. The Kier molecular flexibility index (Phi) is 5.57. The third-order valence-corrected chi connectivity index (χ3v) is 4.58. The number of carbonyl (C=O) groups excluding carboxylic acids is 1. The fourth-order valence-corrected chi connectivity index (χ4v) is 3.36. The minimum Gasteiger partial charge on any atom is -0.455 e. The summed E-state index contributed by atoms with van der Waals surface area (Å²) >= 11 is 0. The van der Waals surface area contributed by atoms with Gasteiger partial charge in [-0.2, -0.15) is 0 Å². The average Bonchev–Trinajstić information content (AvgIpc) is 2.63. The summed E-state index contributed by atoms with van der Waals surface area (Å²) in [5, 5.41) is 2.82. The van der Waals surface area contributed by atoms with Gasteiger partial charge in [0.25, 0.3) is 5.91 Å². The molecule has 0 aromatic heterocycles. The lowest BCUT2D eigenvalue weighted by Crippen LogP contribution is -2.13. The number of para-hydroxylation sites is 3. The van der Waals surface area contributed by atoms with Crippen molar-refractivity contribution < 1.29 is 17.9 Å². The molecule has 0 heterocycles. The van der Waals surface area contributed by atoms with Gasteiger partial charge in [0.1, 0.15) is 5.75 Å². The number of hydrogen-bond acceptors (Lipinski definition) is 4. The standard InChI is InChI=1S/C21H19NO4S/c1-27(24,25)15-16-8-7-9-17(14-16)21(23)22-19-12-5-6-13-20(19)26-18-10-3-2-4-11-18/h2-14H,15H2,1H3,(H,22,23). The number of benzene rings is 3. The Morgan fingerprint density at radius 2 is 1.63 bits per heavy atom. The van der Waals surface area contributed by atoms with E-state index in [1.165, 1.54) is 0 Å². The maximum absolute atomic E-state index is 12.6. The fourth-order valence-electron chi connectivity index (χ4n) is 2.57. The lowest BCUT2D eigenvalue weighted by Gasteiger charge is -2.12. The van der Waals surface area contributed by atoms with E-state index < -0.39 is 9.84 Å². The van der Waals surface area contributed by atoms with Gasteiger partial charge in [0.15, 0.2) is 15.6 Å². The topological polar surface area (TPSA) is 72.5 Å². The first kappa shape index (κ1) is 18.7. The van der Waals surface area contributed by atoms with Crippen LogP contribution in [0.2, 0.25) is 0 Å². The molecule has 0 saturated heterocycles. The third kappa shape index (κ3) is 5.43. The van der Waals surface area contributed by atoms with Crippen molar-refractivity contribution in [2.24, 2.45) is 0 Å². The monoisotopic (exact) mass is 381 g/mol. The Bertz CT molecular complexity index is 1050. The van der Waals surface area contributed by atoms with Crippen LogP contribution in [0.1, 0.15) is 15.9 Å². The van der Waals surface area contributed by atoms with Crippen molar-refractivity contribution in [3.8, 4) is 11.5 Å². The van der Waals surface area contributed by atoms with Crippen LogP contribution in [0, 0.1) is 0 Å². The first-order chi connectivity index (χ1) is 12.9. The summed E-state index contributed by atoms with van der Waals surface area (Å²) in [6.45, 7) is 0. The van der Waals surface area contributed by atoms with Crippen molar-refractivity contribution in [1.29, 1.82) is 0 Å². The smallest absolute Gasteiger partial charge is 0.255 e. The summed E-state index contributed by atoms with van der Waals surface area (Å²) in [5.41, 5.74) is 1.48. The van der Waals surface area contributed by atoms with Gasteiger partial charge in [-0.15, -0.1) is 0 Å². The summed E-state index contributed by atoms with van der Waals surface area (Å²) in [7, 11) is -3.17. The van der Waals surface area contributed by atoms with Crippen molar-refractivity contribution in [1.82, 2.24) is 0 Å². The molecule has 1 amide bonds. The molecule has 0 saturated carbocycles. The van der Waals surface area contributed by atoms with Crippen LogP contribution >= 0.6 is 0 Å². The highest BCUT2D eigenvalue weighted by Gasteiger charge is 2.12. The molecule has 0 fully saturated rings. The van der Waals surface area contributed by atoms with Crippen molar-refractivity contribution in [3.05, 3.63) is 90.0 Å².